The molecule has 0 saturated heterocycles. The Bertz CT molecular complexity index is 311. The van der Waals surface area contributed by atoms with E-state index in [-0.39, 0.29) is 0 Å². The van der Waals surface area contributed by atoms with E-state index in [0.29, 0.717) is 16.3 Å². The number of thiol groups is 2. The Morgan fingerprint density at radius 2 is 1.46 bits per heavy atom. The molecule has 1 heterocycles. The van der Waals surface area contributed by atoms with Crippen LogP contribution >= 0.6 is 25.3 Å². The van der Waals surface area contributed by atoms with Crippen LogP contribution in [0.4, 0.5) is 5.95 Å². The van der Waals surface area contributed by atoms with E-state index in [1.807, 2.05) is 0 Å². The molecule has 0 aliphatic heterocycles. The van der Waals surface area contributed by atoms with Crippen molar-refractivity contribution in [3.8, 4) is 0 Å². The van der Waals surface area contributed by atoms with Gasteiger partial charge in [0.05, 0.1) is 0 Å². The van der Waals surface area contributed by atoms with Crippen LogP contribution in [0.3, 0.4) is 0 Å². The smallest absolute Gasteiger partial charge is 0.238 e. The van der Waals surface area contributed by atoms with E-state index in [2.05, 4.69) is 53.4 Å². The topological polar surface area (TPSA) is 41.9 Å². The van der Waals surface area contributed by atoms with Crippen LogP contribution in [0.1, 0.15) is 0 Å². The van der Waals surface area contributed by atoms with E-state index in [1.165, 1.54) is 12.4 Å². The van der Waals surface area contributed by atoms with Gasteiger partial charge in [-0.15, -0.1) is 25.3 Å². The second kappa shape index (κ2) is 4.29. The van der Waals surface area contributed by atoms with Crippen molar-refractivity contribution in [1.82, 2.24) is 15.0 Å². The number of hydrogen-bond acceptors (Lipinski definition) is 6. The molecule has 0 fully saturated rings. The van der Waals surface area contributed by atoms with Gasteiger partial charge in [-0.1, -0.05) is 13.2 Å². The maximum Gasteiger partial charge on any atom is 0.238 e. The first-order valence-corrected chi connectivity index (χ1v) is 4.24. The summed E-state index contributed by atoms with van der Waals surface area (Å²) in [6.45, 7) is 7.14. The molecule has 0 amide bonds. The average Bonchev–Trinajstić information content (AvgIpc) is 2.04. The average molecular weight is 212 g/mol. The van der Waals surface area contributed by atoms with E-state index in [9.17, 15) is 0 Å². The van der Waals surface area contributed by atoms with E-state index in [4.69, 9.17) is 0 Å². The number of nitrogens with zero attached hydrogens (tertiary/aromatic N) is 4. The number of rotatable bonds is 3. The second-order valence-electron chi connectivity index (χ2n) is 2.01. The first-order valence-electron chi connectivity index (χ1n) is 3.35. The van der Waals surface area contributed by atoms with Gasteiger partial charge in [0.25, 0.3) is 0 Å². The molecule has 1 aromatic rings. The Balaban J connectivity index is 3.12. The molecule has 0 bridgehead atoms. The standard InChI is InChI=1S/C7H8N4S2/c1-3-11(4-2)5-8-6(12)10-7(13)9-5/h3-4H,1-2H2,(H2,8,9,10,12,13). The normalized spacial score (nSPS) is 9.38. The Morgan fingerprint density at radius 3 is 1.85 bits per heavy atom. The zero-order valence-electron chi connectivity index (χ0n) is 6.75. The molecule has 0 aromatic carbocycles. The van der Waals surface area contributed by atoms with Gasteiger partial charge in [-0.2, -0.15) is 15.0 Å². The molecule has 0 aliphatic carbocycles. The van der Waals surface area contributed by atoms with Crippen molar-refractivity contribution in [2.24, 2.45) is 0 Å². The lowest BCUT2D eigenvalue weighted by atomic mass is 10.7. The lowest BCUT2D eigenvalue weighted by Crippen LogP contribution is -2.10. The lowest BCUT2D eigenvalue weighted by Gasteiger charge is -2.11. The number of hydrogen-bond donors (Lipinski definition) is 2. The summed E-state index contributed by atoms with van der Waals surface area (Å²) in [5, 5.41) is 0.618. The second-order valence-corrected chi connectivity index (χ2v) is 2.81. The molecule has 0 saturated carbocycles. The summed E-state index contributed by atoms with van der Waals surface area (Å²) >= 11 is 7.98. The third-order valence-corrected chi connectivity index (χ3v) is 1.62. The zero-order valence-corrected chi connectivity index (χ0v) is 8.54. The molecule has 0 atom stereocenters. The third-order valence-electron chi connectivity index (χ3n) is 1.22. The van der Waals surface area contributed by atoms with Crippen LogP contribution in [-0.4, -0.2) is 15.0 Å². The van der Waals surface area contributed by atoms with Gasteiger partial charge in [-0.3, -0.25) is 4.90 Å². The predicted molar refractivity (Wildman–Crippen MR) is 57.2 cm³/mol. The van der Waals surface area contributed by atoms with E-state index in [1.54, 1.807) is 4.90 Å². The maximum absolute atomic E-state index is 3.99. The molecular formula is C7H8N4S2. The molecule has 1 rings (SSSR count). The maximum atomic E-state index is 3.99. The summed E-state index contributed by atoms with van der Waals surface area (Å²) < 4.78 is 0. The highest BCUT2D eigenvalue weighted by atomic mass is 32.1. The summed E-state index contributed by atoms with van der Waals surface area (Å²) in [6, 6.07) is 0. The van der Waals surface area contributed by atoms with Crippen LogP contribution in [0.2, 0.25) is 0 Å². The van der Waals surface area contributed by atoms with Crippen LogP contribution in [-0.2, 0) is 0 Å². The Labute approximate surface area is 87.2 Å². The number of aromatic nitrogens is 3. The molecular weight excluding hydrogens is 204 g/mol. The first kappa shape index (κ1) is 10.1. The molecule has 6 heteroatoms. The minimum atomic E-state index is 0.309. The van der Waals surface area contributed by atoms with E-state index >= 15 is 0 Å². The van der Waals surface area contributed by atoms with Crippen LogP contribution in [0.25, 0.3) is 0 Å². The van der Waals surface area contributed by atoms with Gasteiger partial charge in [0.2, 0.25) is 5.95 Å². The monoisotopic (exact) mass is 212 g/mol. The predicted octanol–water partition coefficient (Wildman–Crippen LogP) is 1.54. The Kier molecular flexibility index (Phi) is 3.32. The van der Waals surface area contributed by atoms with Crippen molar-refractivity contribution in [2.45, 2.75) is 10.3 Å². The van der Waals surface area contributed by atoms with Crippen LogP contribution in [0.5, 0.6) is 0 Å². The largest absolute Gasteiger partial charge is 0.294 e. The Morgan fingerprint density at radius 1 is 1.00 bits per heavy atom. The molecule has 1 aromatic heterocycles. The quantitative estimate of drug-likeness (QED) is 0.746. The lowest BCUT2D eigenvalue weighted by molar-refractivity contribution is 0.801. The van der Waals surface area contributed by atoms with Gasteiger partial charge in [0.1, 0.15) is 0 Å². The summed E-state index contributed by atoms with van der Waals surface area (Å²) in [4.78, 5) is 13.2. The highest BCUT2D eigenvalue weighted by molar-refractivity contribution is 7.80. The molecule has 0 unspecified atom stereocenters. The summed E-state index contributed by atoms with van der Waals surface area (Å²) in [5.41, 5.74) is 0. The van der Waals surface area contributed by atoms with E-state index in [0.717, 1.165) is 0 Å². The summed E-state index contributed by atoms with van der Waals surface area (Å²) in [7, 11) is 0. The minimum Gasteiger partial charge on any atom is -0.294 e. The van der Waals surface area contributed by atoms with Crippen molar-refractivity contribution in [3.63, 3.8) is 0 Å². The van der Waals surface area contributed by atoms with Crippen LogP contribution in [0, 0.1) is 0 Å². The van der Waals surface area contributed by atoms with Crippen molar-refractivity contribution in [2.75, 3.05) is 4.90 Å². The fourth-order valence-corrected chi connectivity index (χ4v) is 1.14. The molecule has 13 heavy (non-hydrogen) atoms. The summed E-state index contributed by atoms with van der Waals surface area (Å²) in [6.07, 6.45) is 3.06. The SMILES string of the molecule is C=CN(C=C)c1nc(S)nc(S)n1. The molecule has 4 nitrogen and oxygen atoms in total. The molecule has 0 radical (unpaired) electrons. The first-order chi connectivity index (χ1) is 6.17. The highest BCUT2D eigenvalue weighted by Crippen LogP contribution is 2.11. The fourth-order valence-electron chi connectivity index (χ4n) is 0.697. The molecule has 0 aliphatic rings. The number of anilines is 1. The van der Waals surface area contributed by atoms with Crippen molar-refractivity contribution in [3.05, 3.63) is 25.6 Å². The third kappa shape index (κ3) is 2.46. The Hall–Kier alpha value is -1.01. The van der Waals surface area contributed by atoms with Gasteiger partial charge >= 0.3 is 0 Å². The van der Waals surface area contributed by atoms with Gasteiger partial charge in [0.15, 0.2) is 10.3 Å². The van der Waals surface area contributed by atoms with Gasteiger partial charge in [-0.05, 0) is 0 Å². The van der Waals surface area contributed by atoms with Crippen molar-refractivity contribution >= 4 is 31.2 Å². The van der Waals surface area contributed by atoms with Crippen molar-refractivity contribution < 1.29 is 0 Å². The van der Waals surface area contributed by atoms with Gasteiger partial charge in [0, 0.05) is 12.4 Å². The van der Waals surface area contributed by atoms with E-state index < -0.39 is 0 Å². The van der Waals surface area contributed by atoms with Crippen LogP contribution in [0.15, 0.2) is 35.9 Å². The van der Waals surface area contributed by atoms with Crippen molar-refractivity contribution in [1.29, 1.82) is 0 Å². The minimum absolute atomic E-state index is 0.309. The van der Waals surface area contributed by atoms with Gasteiger partial charge in [-0.25, -0.2) is 0 Å². The van der Waals surface area contributed by atoms with Crippen LogP contribution < -0.4 is 4.90 Å². The highest BCUT2D eigenvalue weighted by Gasteiger charge is 2.04. The fraction of sp³-hybridized carbons (Fsp3) is 0. The summed E-state index contributed by atoms with van der Waals surface area (Å²) in [5.74, 6) is 0.398. The van der Waals surface area contributed by atoms with Gasteiger partial charge < -0.3 is 0 Å². The zero-order chi connectivity index (χ0) is 9.84. The molecule has 0 N–H and O–H groups in total. The molecule has 68 valence electrons. The molecule has 0 spiro atoms.